The fraction of sp³-hybridized carbons (Fsp3) is 0.214. The van der Waals surface area contributed by atoms with Crippen molar-refractivity contribution in [1.29, 1.82) is 0 Å². The highest BCUT2D eigenvalue weighted by atomic mass is 15.3. The van der Waals surface area contributed by atoms with Crippen LogP contribution in [0.3, 0.4) is 0 Å². The Morgan fingerprint density at radius 2 is 2.12 bits per heavy atom. The molecule has 0 aliphatic carbocycles. The molecule has 2 rings (SSSR count). The summed E-state index contributed by atoms with van der Waals surface area (Å²) in [4.78, 5) is 0. The van der Waals surface area contributed by atoms with Crippen LogP contribution in [0.5, 0.6) is 0 Å². The summed E-state index contributed by atoms with van der Waals surface area (Å²) in [6.45, 7) is 1.02. The maximum Gasteiger partial charge on any atom is 0.0645 e. The van der Waals surface area contributed by atoms with Gasteiger partial charge in [-0.2, -0.15) is 5.10 Å². The van der Waals surface area contributed by atoms with Crippen LogP contribution in [0.4, 0.5) is 0 Å². The van der Waals surface area contributed by atoms with Gasteiger partial charge in [0, 0.05) is 12.4 Å². The molecule has 1 heterocycles. The molecule has 0 unspecified atom stereocenters. The van der Waals surface area contributed by atoms with Crippen LogP contribution in [-0.2, 0) is 0 Å². The lowest BCUT2D eigenvalue weighted by molar-refractivity contribution is 0.809. The summed E-state index contributed by atoms with van der Waals surface area (Å²) < 4.78 is 1.86. The number of aromatic nitrogens is 2. The zero-order valence-corrected chi connectivity index (χ0v) is 10.0. The Labute approximate surface area is 102 Å². The molecular weight excluding hydrogens is 210 g/mol. The standard InChI is InChI=1S/C14H17N3/c1-15-10-3-2-5-13-6-8-14(9-7-13)17-12-4-11-16-17/h2,4-9,11-12,15H,3,10H2,1H3. The molecule has 0 bridgehead atoms. The molecule has 0 saturated heterocycles. The molecule has 0 radical (unpaired) electrons. The summed E-state index contributed by atoms with van der Waals surface area (Å²) in [5.74, 6) is 0. The Morgan fingerprint density at radius 3 is 2.76 bits per heavy atom. The minimum Gasteiger partial charge on any atom is -0.319 e. The third-order valence-corrected chi connectivity index (χ3v) is 2.53. The maximum absolute atomic E-state index is 4.19. The van der Waals surface area contributed by atoms with Gasteiger partial charge in [-0.05, 0) is 43.8 Å². The van der Waals surface area contributed by atoms with Gasteiger partial charge in [0.2, 0.25) is 0 Å². The van der Waals surface area contributed by atoms with E-state index < -0.39 is 0 Å². The highest BCUT2D eigenvalue weighted by Gasteiger charge is 1.94. The summed E-state index contributed by atoms with van der Waals surface area (Å²) in [6.07, 6.45) is 9.10. The van der Waals surface area contributed by atoms with Crippen molar-refractivity contribution >= 4 is 6.08 Å². The fourth-order valence-corrected chi connectivity index (χ4v) is 1.61. The van der Waals surface area contributed by atoms with Gasteiger partial charge < -0.3 is 5.32 Å². The Kier molecular flexibility index (Phi) is 4.11. The van der Waals surface area contributed by atoms with Gasteiger partial charge in [0.15, 0.2) is 0 Å². The Balaban J connectivity index is 2.01. The van der Waals surface area contributed by atoms with E-state index in [1.165, 1.54) is 5.56 Å². The highest BCUT2D eigenvalue weighted by molar-refractivity contribution is 5.51. The normalized spacial score (nSPS) is 11.1. The van der Waals surface area contributed by atoms with Gasteiger partial charge in [-0.25, -0.2) is 4.68 Å². The topological polar surface area (TPSA) is 29.9 Å². The van der Waals surface area contributed by atoms with E-state index in [4.69, 9.17) is 0 Å². The van der Waals surface area contributed by atoms with E-state index in [2.05, 4.69) is 46.8 Å². The van der Waals surface area contributed by atoms with Gasteiger partial charge in [0.05, 0.1) is 5.69 Å². The van der Waals surface area contributed by atoms with Crippen LogP contribution in [0.1, 0.15) is 12.0 Å². The molecule has 0 atom stereocenters. The van der Waals surface area contributed by atoms with E-state index in [-0.39, 0.29) is 0 Å². The molecule has 17 heavy (non-hydrogen) atoms. The van der Waals surface area contributed by atoms with Gasteiger partial charge >= 0.3 is 0 Å². The van der Waals surface area contributed by atoms with Crippen molar-refractivity contribution in [2.45, 2.75) is 6.42 Å². The Morgan fingerprint density at radius 1 is 1.29 bits per heavy atom. The first-order valence-corrected chi connectivity index (χ1v) is 5.81. The van der Waals surface area contributed by atoms with E-state index in [9.17, 15) is 0 Å². The van der Waals surface area contributed by atoms with Crippen LogP contribution in [0, 0.1) is 0 Å². The number of benzene rings is 1. The average molecular weight is 227 g/mol. The molecule has 0 saturated carbocycles. The van der Waals surface area contributed by atoms with E-state index in [0.29, 0.717) is 0 Å². The van der Waals surface area contributed by atoms with Crippen molar-refractivity contribution in [3.8, 4) is 5.69 Å². The largest absolute Gasteiger partial charge is 0.319 e. The van der Waals surface area contributed by atoms with Crippen molar-refractivity contribution in [2.75, 3.05) is 13.6 Å². The quantitative estimate of drug-likeness (QED) is 0.795. The molecule has 0 fully saturated rings. The van der Waals surface area contributed by atoms with Gasteiger partial charge in [0.1, 0.15) is 0 Å². The summed E-state index contributed by atoms with van der Waals surface area (Å²) in [6, 6.07) is 10.3. The molecule has 1 N–H and O–H groups in total. The number of rotatable bonds is 5. The average Bonchev–Trinajstić information content (AvgIpc) is 2.89. The first kappa shape index (κ1) is 11.6. The van der Waals surface area contributed by atoms with Crippen molar-refractivity contribution in [3.05, 3.63) is 54.4 Å². The third-order valence-electron chi connectivity index (χ3n) is 2.53. The Bertz CT molecular complexity index is 455. The van der Waals surface area contributed by atoms with E-state index in [0.717, 1.165) is 18.7 Å². The first-order chi connectivity index (χ1) is 8.40. The van der Waals surface area contributed by atoms with E-state index >= 15 is 0 Å². The lowest BCUT2D eigenvalue weighted by Gasteiger charge is -2.01. The van der Waals surface area contributed by atoms with Crippen LogP contribution < -0.4 is 5.32 Å². The number of hydrogen-bond donors (Lipinski definition) is 1. The maximum atomic E-state index is 4.19. The van der Waals surface area contributed by atoms with Crippen LogP contribution in [0.25, 0.3) is 11.8 Å². The summed E-state index contributed by atoms with van der Waals surface area (Å²) in [5, 5.41) is 7.31. The SMILES string of the molecule is CNCCC=Cc1ccc(-n2cccn2)cc1. The lowest BCUT2D eigenvalue weighted by atomic mass is 10.2. The van der Waals surface area contributed by atoms with Crippen LogP contribution in [-0.4, -0.2) is 23.4 Å². The van der Waals surface area contributed by atoms with Crippen molar-refractivity contribution in [1.82, 2.24) is 15.1 Å². The van der Waals surface area contributed by atoms with Gasteiger partial charge in [-0.3, -0.25) is 0 Å². The predicted molar refractivity (Wildman–Crippen MR) is 71.1 cm³/mol. The smallest absolute Gasteiger partial charge is 0.0645 e. The highest BCUT2D eigenvalue weighted by Crippen LogP contribution is 2.09. The van der Waals surface area contributed by atoms with Gasteiger partial charge in [0.25, 0.3) is 0 Å². The molecule has 0 spiro atoms. The zero-order chi connectivity index (χ0) is 11.9. The third kappa shape index (κ3) is 3.29. The molecule has 0 amide bonds. The second-order valence-corrected chi connectivity index (χ2v) is 3.84. The number of nitrogens with one attached hydrogen (secondary N) is 1. The minimum atomic E-state index is 1.02. The molecule has 0 aliphatic rings. The summed E-state index contributed by atoms with van der Waals surface area (Å²) in [7, 11) is 1.96. The molecule has 88 valence electrons. The van der Waals surface area contributed by atoms with Gasteiger partial charge in [-0.1, -0.05) is 24.3 Å². The second kappa shape index (κ2) is 6.01. The van der Waals surface area contributed by atoms with E-state index in [1.54, 1.807) is 6.20 Å². The number of nitrogens with zero attached hydrogens (tertiary/aromatic N) is 2. The Hall–Kier alpha value is -1.87. The molecule has 1 aromatic carbocycles. The molecule has 3 heteroatoms. The van der Waals surface area contributed by atoms with Crippen LogP contribution in [0.15, 0.2) is 48.8 Å². The molecule has 0 aliphatic heterocycles. The zero-order valence-electron chi connectivity index (χ0n) is 10.0. The fourth-order valence-electron chi connectivity index (χ4n) is 1.61. The summed E-state index contributed by atoms with van der Waals surface area (Å²) in [5.41, 5.74) is 2.30. The lowest BCUT2D eigenvalue weighted by Crippen LogP contribution is -2.05. The van der Waals surface area contributed by atoms with Crippen molar-refractivity contribution in [3.63, 3.8) is 0 Å². The molecule has 3 nitrogen and oxygen atoms in total. The van der Waals surface area contributed by atoms with Crippen molar-refractivity contribution in [2.24, 2.45) is 0 Å². The minimum absolute atomic E-state index is 1.02. The second-order valence-electron chi connectivity index (χ2n) is 3.84. The number of hydrogen-bond acceptors (Lipinski definition) is 2. The van der Waals surface area contributed by atoms with E-state index in [1.807, 2.05) is 24.0 Å². The summed E-state index contributed by atoms with van der Waals surface area (Å²) >= 11 is 0. The van der Waals surface area contributed by atoms with Crippen molar-refractivity contribution < 1.29 is 0 Å². The monoisotopic (exact) mass is 227 g/mol. The van der Waals surface area contributed by atoms with Crippen LogP contribution >= 0.6 is 0 Å². The molecule has 1 aromatic heterocycles. The molecule has 2 aromatic rings. The first-order valence-electron chi connectivity index (χ1n) is 5.81. The predicted octanol–water partition coefficient (Wildman–Crippen LogP) is 2.50. The molecular formula is C14H17N3. The van der Waals surface area contributed by atoms with Crippen LogP contribution in [0.2, 0.25) is 0 Å². The van der Waals surface area contributed by atoms with Gasteiger partial charge in [-0.15, -0.1) is 0 Å².